The molecule has 1 fully saturated rings. The van der Waals surface area contributed by atoms with E-state index in [0.29, 0.717) is 17.7 Å². The number of hydrogen-bond acceptors (Lipinski definition) is 9. The van der Waals surface area contributed by atoms with Gasteiger partial charge in [-0.25, -0.2) is 15.0 Å². The molecule has 0 amide bonds. The third-order valence-electron chi connectivity index (χ3n) is 3.99. The first-order valence-corrected chi connectivity index (χ1v) is 9.61. The average molecular weight is 399 g/mol. The maximum atomic E-state index is 5.93. The van der Waals surface area contributed by atoms with Crippen LogP contribution in [0.3, 0.4) is 0 Å². The van der Waals surface area contributed by atoms with Gasteiger partial charge >= 0.3 is 0 Å². The Morgan fingerprint density at radius 1 is 1.27 bits per heavy atom. The fourth-order valence-corrected chi connectivity index (χ4v) is 3.56. The molecule has 0 saturated carbocycles. The SMILES string of the molecule is COCOCCN1CCN(c2cc(Nc3ncc(Cl)s3)nc(C)n2)CC1. The van der Waals surface area contributed by atoms with E-state index in [1.54, 1.807) is 13.3 Å². The van der Waals surface area contributed by atoms with Crippen molar-refractivity contribution in [2.45, 2.75) is 6.92 Å². The van der Waals surface area contributed by atoms with Crippen LogP contribution in [-0.4, -0.2) is 73.1 Å². The third kappa shape index (κ3) is 5.49. The lowest BCUT2D eigenvalue weighted by Crippen LogP contribution is -2.47. The molecule has 0 atom stereocenters. The van der Waals surface area contributed by atoms with Crippen LogP contribution in [0, 0.1) is 6.92 Å². The van der Waals surface area contributed by atoms with E-state index in [1.165, 1.54) is 11.3 Å². The molecule has 10 heteroatoms. The summed E-state index contributed by atoms with van der Waals surface area (Å²) in [5.74, 6) is 2.38. The quantitative estimate of drug-likeness (QED) is 0.536. The van der Waals surface area contributed by atoms with Gasteiger partial charge in [-0.1, -0.05) is 22.9 Å². The van der Waals surface area contributed by atoms with Crippen molar-refractivity contribution < 1.29 is 9.47 Å². The number of nitrogens with one attached hydrogen (secondary N) is 1. The molecule has 1 aliphatic heterocycles. The van der Waals surface area contributed by atoms with Gasteiger partial charge in [0.1, 0.15) is 28.6 Å². The number of methoxy groups -OCH3 is 1. The number of halogens is 1. The molecule has 0 aromatic carbocycles. The van der Waals surface area contributed by atoms with Gasteiger partial charge in [0.05, 0.1) is 12.8 Å². The molecule has 2 aromatic rings. The molecule has 0 bridgehead atoms. The van der Waals surface area contributed by atoms with E-state index in [4.69, 9.17) is 21.1 Å². The molecule has 0 unspecified atom stereocenters. The molecular formula is C16H23ClN6O2S. The lowest BCUT2D eigenvalue weighted by atomic mass is 10.3. The highest BCUT2D eigenvalue weighted by molar-refractivity contribution is 7.19. The number of piperazine rings is 1. The summed E-state index contributed by atoms with van der Waals surface area (Å²) in [7, 11) is 1.63. The minimum absolute atomic E-state index is 0.347. The zero-order valence-corrected chi connectivity index (χ0v) is 16.5. The van der Waals surface area contributed by atoms with Crippen LogP contribution in [0.15, 0.2) is 12.3 Å². The summed E-state index contributed by atoms with van der Waals surface area (Å²) in [6.07, 6.45) is 1.62. The first kappa shape index (κ1) is 19.2. The fraction of sp³-hybridized carbons (Fsp3) is 0.562. The zero-order valence-electron chi connectivity index (χ0n) is 14.9. The second-order valence-corrected chi connectivity index (χ2v) is 7.56. The normalized spacial score (nSPS) is 15.4. The van der Waals surface area contributed by atoms with Gasteiger partial charge in [-0.05, 0) is 6.92 Å². The van der Waals surface area contributed by atoms with Crippen LogP contribution in [0.1, 0.15) is 5.82 Å². The minimum Gasteiger partial charge on any atom is -0.359 e. The molecule has 142 valence electrons. The molecule has 1 aliphatic rings. The highest BCUT2D eigenvalue weighted by atomic mass is 35.5. The van der Waals surface area contributed by atoms with Crippen LogP contribution < -0.4 is 10.2 Å². The molecule has 3 heterocycles. The second kappa shape index (κ2) is 9.43. The molecule has 2 aromatic heterocycles. The Morgan fingerprint density at radius 3 is 2.77 bits per heavy atom. The minimum atomic E-state index is 0.347. The molecule has 0 aliphatic carbocycles. The van der Waals surface area contributed by atoms with Crippen LogP contribution in [0.5, 0.6) is 0 Å². The summed E-state index contributed by atoms with van der Waals surface area (Å²) in [5.41, 5.74) is 0. The summed E-state index contributed by atoms with van der Waals surface area (Å²) in [6.45, 7) is 7.64. The van der Waals surface area contributed by atoms with Crippen LogP contribution >= 0.6 is 22.9 Å². The Bertz CT molecular complexity index is 708. The highest BCUT2D eigenvalue weighted by Crippen LogP contribution is 2.26. The molecular weight excluding hydrogens is 376 g/mol. The van der Waals surface area contributed by atoms with Crippen molar-refractivity contribution in [1.82, 2.24) is 19.9 Å². The first-order chi connectivity index (χ1) is 12.6. The molecule has 26 heavy (non-hydrogen) atoms. The highest BCUT2D eigenvalue weighted by Gasteiger charge is 2.19. The van der Waals surface area contributed by atoms with Crippen molar-refractivity contribution in [3.05, 3.63) is 22.4 Å². The van der Waals surface area contributed by atoms with Gasteiger partial charge in [-0.2, -0.15) is 0 Å². The molecule has 0 spiro atoms. The summed E-state index contributed by atoms with van der Waals surface area (Å²) in [6, 6.07) is 1.96. The number of aryl methyl sites for hydroxylation is 1. The van der Waals surface area contributed by atoms with E-state index >= 15 is 0 Å². The van der Waals surface area contributed by atoms with Gasteiger partial charge in [0, 0.05) is 45.9 Å². The Morgan fingerprint density at radius 2 is 2.08 bits per heavy atom. The van der Waals surface area contributed by atoms with Crippen LogP contribution in [-0.2, 0) is 9.47 Å². The van der Waals surface area contributed by atoms with E-state index in [1.807, 2.05) is 13.0 Å². The third-order valence-corrected chi connectivity index (χ3v) is 5.02. The number of nitrogens with zero attached hydrogens (tertiary/aromatic N) is 5. The summed E-state index contributed by atoms with van der Waals surface area (Å²) < 4.78 is 10.9. The van der Waals surface area contributed by atoms with Crippen molar-refractivity contribution in [2.75, 3.05) is 63.5 Å². The van der Waals surface area contributed by atoms with E-state index in [-0.39, 0.29) is 0 Å². The molecule has 8 nitrogen and oxygen atoms in total. The fourth-order valence-electron chi connectivity index (χ4n) is 2.74. The van der Waals surface area contributed by atoms with Gasteiger partial charge in [0.25, 0.3) is 0 Å². The van der Waals surface area contributed by atoms with Crippen LogP contribution in [0.25, 0.3) is 0 Å². The van der Waals surface area contributed by atoms with Crippen LogP contribution in [0.4, 0.5) is 16.8 Å². The second-order valence-electron chi connectivity index (χ2n) is 5.90. The molecule has 1 saturated heterocycles. The van der Waals surface area contributed by atoms with Crippen LogP contribution in [0.2, 0.25) is 4.34 Å². The zero-order chi connectivity index (χ0) is 18.4. The van der Waals surface area contributed by atoms with E-state index in [9.17, 15) is 0 Å². The Balaban J connectivity index is 1.56. The largest absolute Gasteiger partial charge is 0.359 e. The standard InChI is InChI=1S/C16H23ClN6O2S/c1-12-19-14(21-16-18-10-13(17)26-16)9-15(20-12)23-5-3-22(4-6-23)7-8-25-11-24-2/h9-10H,3-8,11H2,1-2H3,(H,18,19,20,21). The summed E-state index contributed by atoms with van der Waals surface area (Å²) in [5, 5.41) is 3.92. The maximum absolute atomic E-state index is 5.93. The van der Waals surface area contributed by atoms with E-state index in [2.05, 4.69) is 30.1 Å². The van der Waals surface area contributed by atoms with E-state index in [0.717, 1.165) is 55.3 Å². The van der Waals surface area contributed by atoms with Crippen molar-refractivity contribution in [2.24, 2.45) is 0 Å². The number of thiazole rings is 1. The maximum Gasteiger partial charge on any atom is 0.189 e. The average Bonchev–Trinajstić information content (AvgIpc) is 3.03. The Labute approximate surface area is 162 Å². The summed E-state index contributed by atoms with van der Waals surface area (Å²) >= 11 is 7.32. The van der Waals surface area contributed by atoms with Crippen molar-refractivity contribution in [3.8, 4) is 0 Å². The number of hydrogen-bond donors (Lipinski definition) is 1. The topological polar surface area (TPSA) is 75.6 Å². The number of rotatable bonds is 8. The first-order valence-electron chi connectivity index (χ1n) is 8.42. The van der Waals surface area contributed by atoms with Crippen molar-refractivity contribution >= 4 is 39.7 Å². The smallest absolute Gasteiger partial charge is 0.189 e. The monoisotopic (exact) mass is 398 g/mol. The van der Waals surface area contributed by atoms with Crippen molar-refractivity contribution in [1.29, 1.82) is 0 Å². The van der Waals surface area contributed by atoms with Gasteiger partial charge in [-0.15, -0.1) is 0 Å². The molecule has 1 N–H and O–H groups in total. The Kier molecular flexibility index (Phi) is 6.98. The van der Waals surface area contributed by atoms with Gasteiger partial charge in [0.2, 0.25) is 0 Å². The number of aromatic nitrogens is 3. The van der Waals surface area contributed by atoms with Gasteiger partial charge in [-0.3, -0.25) is 4.90 Å². The number of anilines is 3. The van der Waals surface area contributed by atoms with E-state index < -0.39 is 0 Å². The Hall–Kier alpha value is -1.52. The summed E-state index contributed by atoms with van der Waals surface area (Å²) in [4.78, 5) is 17.9. The molecule has 3 rings (SSSR count). The lowest BCUT2D eigenvalue weighted by Gasteiger charge is -2.35. The lowest BCUT2D eigenvalue weighted by molar-refractivity contribution is -0.0367. The predicted octanol–water partition coefficient (Wildman–Crippen LogP) is 2.38. The number of ether oxygens (including phenoxy) is 2. The molecule has 0 radical (unpaired) electrons. The van der Waals surface area contributed by atoms with Gasteiger partial charge < -0.3 is 19.7 Å². The van der Waals surface area contributed by atoms with Gasteiger partial charge in [0.15, 0.2) is 5.13 Å². The van der Waals surface area contributed by atoms with Crippen molar-refractivity contribution in [3.63, 3.8) is 0 Å². The predicted molar refractivity (Wildman–Crippen MR) is 104 cm³/mol.